The van der Waals surface area contributed by atoms with Crippen LogP contribution in [0.15, 0.2) is 40.9 Å². The normalized spacial score (nSPS) is 14.9. The van der Waals surface area contributed by atoms with Gasteiger partial charge in [-0.05, 0) is 19.4 Å². The van der Waals surface area contributed by atoms with Gasteiger partial charge in [-0.15, -0.1) is 11.3 Å². The number of pyridine rings is 1. The van der Waals surface area contributed by atoms with Crippen molar-refractivity contribution >= 4 is 46.0 Å². The first-order valence-electron chi connectivity index (χ1n) is 11.7. The zero-order chi connectivity index (χ0) is 24.4. The monoisotopic (exact) mass is 508 g/mol. The van der Waals surface area contributed by atoms with Crippen LogP contribution in [0.1, 0.15) is 23.2 Å². The van der Waals surface area contributed by atoms with E-state index < -0.39 is 0 Å². The number of thiazole rings is 1. The van der Waals surface area contributed by atoms with Crippen LogP contribution < -0.4 is 4.90 Å². The van der Waals surface area contributed by atoms with Gasteiger partial charge in [0.1, 0.15) is 11.3 Å². The van der Waals surface area contributed by atoms with Gasteiger partial charge in [0.15, 0.2) is 5.65 Å². The zero-order valence-corrected chi connectivity index (χ0v) is 21.8. The molecule has 4 aromatic rings. The van der Waals surface area contributed by atoms with Gasteiger partial charge in [0.05, 0.1) is 34.2 Å². The number of aromatic amines is 1. The molecule has 35 heavy (non-hydrogen) atoms. The van der Waals surface area contributed by atoms with Crippen molar-refractivity contribution in [1.29, 1.82) is 0 Å². The lowest BCUT2D eigenvalue weighted by atomic mass is 10.1. The molecule has 1 aromatic carbocycles. The Labute approximate surface area is 214 Å². The molecular weight excluding hydrogens is 480 g/mol. The number of aromatic nitrogens is 4. The molecule has 0 saturated carbocycles. The molecule has 1 fully saturated rings. The number of nitrogens with one attached hydrogen (secondary N) is 1. The van der Waals surface area contributed by atoms with Crippen LogP contribution in [0.25, 0.3) is 22.6 Å². The molecule has 0 atom stereocenters. The number of fused-ring (bicyclic) bond motifs is 1. The lowest BCUT2D eigenvalue weighted by Gasteiger charge is -2.36. The predicted molar refractivity (Wildman–Crippen MR) is 144 cm³/mol. The number of halogens is 1. The van der Waals surface area contributed by atoms with Crippen molar-refractivity contribution < 1.29 is 0 Å². The average Bonchev–Trinajstić information content (AvgIpc) is 3.46. The Balaban J connectivity index is 1.33. The van der Waals surface area contributed by atoms with Crippen LogP contribution in [-0.4, -0.2) is 69.3 Å². The molecule has 0 spiro atoms. The molecule has 5 rings (SSSR count). The van der Waals surface area contributed by atoms with E-state index in [0.29, 0.717) is 10.7 Å². The van der Waals surface area contributed by atoms with Crippen LogP contribution >= 0.6 is 22.9 Å². The van der Waals surface area contributed by atoms with Gasteiger partial charge in [-0.1, -0.05) is 35.9 Å². The zero-order valence-electron chi connectivity index (χ0n) is 20.2. The van der Waals surface area contributed by atoms with Crippen molar-refractivity contribution in [2.75, 3.05) is 38.1 Å². The smallest absolute Gasteiger partial charge is 0.180 e. The minimum atomic E-state index is 0.645. The van der Waals surface area contributed by atoms with E-state index in [-0.39, 0.29) is 0 Å². The van der Waals surface area contributed by atoms with Gasteiger partial charge < -0.3 is 9.88 Å². The number of aryl methyl sites for hydroxylation is 1. The van der Waals surface area contributed by atoms with Gasteiger partial charge in [-0.2, -0.15) is 5.10 Å². The summed E-state index contributed by atoms with van der Waals surface area (Å²) in [5.74, 6) is 0.792. The van der Waals surface area contributed by atoms with E-state index in [9.17, 15) is 0 Å². The minimum Gasteiger partial charge on any atom is -0.366 e. The highest BCUT2D eigenvalue weighted by Gasteiger charge is 2.23. The summed E-state index contributed by atoms with van der Waals surface area (Å²) < 4.78 is 0. The van der Waals surface area contributed by atoms with Crippen LogP contribution in [0.5, 0.6) is 0 Å². The summed E-state index contributed by atoms with van der Waals surface area (Å²) >= 11 is 8.37. The highest BCUT2D eigenvalue weighted by Crippen LogP contribution is 2.34. The van der Waals surface area contributed by atoms with Crippen molar-refractivity contribution in [2.24, 2.45) is 5.10 Å². The Hall–Kier alpha value is -3.01. The molecular formula is C25H29ClN8S. The summed E-state index contributed by atoms with van der Waals surface area (Å²) in [4.78, 5) is 22.1. The molecule has 3 aromatic heterocycles. The molecule has 8 nitrogen and oxygen atoms in total. The van der Waals surface area contributed by atoms with E-state index in [1.54, 1.807) is 23.7 Å². The second kappa shape index (κ2) is 10.3. The quantitative estimate of drug-likeness (QED) is 0.285. The molecule has 0 aliphatic carbocycles. The number of nitrogens with zero attached hydrogens (tertiary/aromatic N) is 7. The molecule has 1 N–H and O–H groups in total. The van der Waals surface area contributed by atoms with E-state index in [4.69, 9.17) is 16.6 Å². The maximum atomic E-state index is 6.67. The minimum absolute atomic E-state index is 0.645. The van der Waals surface area contributed by atoms with E-state index in [1.807, 2.05) is 19.0 Å². The Morgan fingerprint density at radius 3 is 2.63 bits per heavy atom. The lowest BCUT2D eigenvalue weighted by molar-refractivity contribution is 0.247. The summed E-state index contributed by atoms with van der Waals surface area (Å²) in [5.41, 5.74) is 5.90. The first kappa shape index (κ1) is 23.7. The van der Waals surface area contributed by atoms with Crippen molar-refractivity contribution in [3.63, 3.8) is 0 Å². The Bertz CT molecular complexity index is 1320. The molecule has 0 radical (unpaired) electrons. The fourth-order valence-corrected chi connectivity index (χ4v) is 5.34. The molecule has 0 unspecified atom stereocenters. The van der Waals surface area contributed by atoms with Crippen molar-refractivity contribution in [3.8, 4) is 11.4 Å². The first-order valence-corrected chi connectivity index (χ1v) is 13.0. The summed E-state index contributed by atoms with van der Waals surface area (Å²) in [6.07, 6.45) is 3.50. The number of piperazine rings is 1. The van der Waals surface area contributed by atoms with Gasteiger partial charge in [0.25, 0.3) is 0 Å². The third-order valence-electron chi connectivity index (χ3n) is 6.14. The van der Waals surface area contributed by atoms with Crippen molar-refractivity contribution in [2.45, 2.75) is 26.9 Å². The number of anilines is 1. The third kappa shape index (κ3) is 5.32. The largest absolute Gasteiger partial charge is 0.366 e. The van der Waals surface area contributed by atoms with Crippen LogP contribution in [0.3, 0.4) is 0 Å². The number of rotatable bonds is 7. The Morgan fingerprint density at radius 1 is 1.17 bits per heavy atom. The fraction of sp³-hybridized carbons (Fsp3) is 0.360. The second-order valence-electron chi connectivity index (χ2n) is 8.75. The van der Waals surface area contributed by atoms with Gasteiger partial charge >= 0.3 is 0 Å². The van der Waals surface area contributed by atoms with Crippen molar-refractivity contribution in [1.82, 2.24) is 29.8 Å². The average molecular weight is 509 g/mol. The fourth-order valence-electron chi connectivity index (χ4n) is 4.48. The van der Waals surface area contributed by atoms with Crippen molar-refractivity contribution in [3.05, 3.63) is 57.1 Å². The van der Waals surface area contributed by atoms with E-state index in [2.05, 4.69) is 66.4 Å². The van der Waals surface area contributed by atoms with E-state index in [0.717, 1.165) is 72.6 Å². The second-order valence-corrected chi connectivity index (χ2v) is 10.2. The molecule has 10 heteroatoms. The highest BCUT2D eigenvalue weighted by atomic mass is 35.5. The van der Waals surface area contributed by atoms with Gasteiger partial charge in [0, 0.05) is 56.9 Å². The number of H-pyrrole nitrogens is 1. The standard InChI is InChI=1S/C25H29ClN8S/c1-4-28-32(3)14-18-5-7-19(8-6-18)24-30-22-23(21(26)13-27-25(22)31-24)34-11-9-33(10-12-34)15-20-16-35-17(2)29-20/h4-8,13,16H,9-12,14-15H2,1-3H3,(H,27,30,31)/b28-4-. The molecule has 1 saturated heterocycles. The van der Waals surface area contributed by atoms with Gasteiger partial charge in [-0.25, -0.2) is 15.0 Å². The molecule has 0 amide bonds. The number of hydrazone groups is 1. The Kier molecular flexibility index (Phi) is 6.99. The summed E-state index contributed by atoms with van der Waals surface area (Å²) in [6.45, 7) is 9.29. The number of hydrogen-bond acceptors (Lipinski definition) is 8. The van der Waals surface area contributed by atoms with E-state index in [1.165, 1.54) is 5.56 Å². The van der Waals surface area contributed by atoms with Crippen LogP contribution in [0.4, 0.5) is 5.69 Å². The summed E-state index contributed by atoms with van der Waals surface area (Å²) in [7, 11) is 1.96. The predicted octanol–water partition coefficient (Wildman–Crippen LogP) is 4.80. The number of imidazole rings is 1. The maximum absolute atomic E-state index is 6.67. The first-order chi connectivity index (χ1) is 17.0. The molecule has 0 bridgehead atoms. The molecule has 4 heterocycles. The van der Waals surface area contributed by atoms with Crippen LogP contribution in [0, 0.1) is 6.92 Å². The van der Waals surface area contributed by atoms with Gasteiger partial charge in [0.2, 0.25) is 0 Å². The molecule has 182 valence electrons. The molecule has 1 aliphatic heterocycles. The van der Waals surface area contributed by atoms with Gasteiger partial charge in [-0.3, -0.25) is 9.91 Å². The Morgan fingerprint density at radius 2 is 1.94 bits per heavy atom. The van der Waals surface area contributed by atoms with Crippen LogP contribution in [-0.2, 0) is 13.1 Å². The number of benzene rings is 1. The lowest BCUT2D eigenvalue weighted by Crippen LogP contribution is -2.46. The maximum Gasteiger partial charge on any atom is 0.180 e. The summed E-state index contributed by atoms with van der Waals surface area (Å²) in [5, 5.41) is 10.1. The summed E-state index contributed by atoms with van der Waals surface area (Å²) in [6, 6.07) is 8.37. The van der Waals surface area contributed by atoms with Crippen LogP contribution in [0.2, 0.25) is 5.02 Å². The molecule has 1 aliphatic rings. The highest BCUT2D eigenvalue weighted by molar-refractivity contribution is 7.09. The topological polar surface area (TPSA) is 76.5 Å². The third-order valence-corrected chi connectivity index (χ3v) is 7.24. The SMILES string of the molecule is C/C=N\N(C)Cc1ccc(-c2nc3ncc(Cl)c(N4CCN(Cc5csc(C)n5)CC4)c3[nH]2)cc1. The number of hydrogen-bond donors (Lipinski definition) is 1. The van der Waals surface area contributed by atoms with E-state index >= 15 is 0 Å².